The lowest BCUT2D eigenvalue weighted by Crippen LogP contribution is -2.09. The fourth-order valence-electron chi connectivity index (χ4n) is 3.47. The lowest BCUT2D eigenvalue weighted by molar-refractivity contribution is -0.131. The van der Waals surface area contributed by atoms with Crippen molar-refractivity contribution in [3.63, 3.8) is 0 Å². The van der Waals surface area contributed by atoms with Crippen molar-refractivity contribution in [1.82, 2.24) is 0 Å². The Hall–Kier alpha value is -4.18. The molecular weight excluding hydrogens is 436 g/mol. The van der Waals surface area contributed by atoms with Crippen LogP contribution in [0.5, 0.6) is 11.5 Å². The molecule has 0 N–H and O–H groups in total. The summed E-state index contributed by atoms with van der Waals surface area (Å²) < 4.78 is 10.9. The van der Waals surface area contributed by atoms with Gasteiger partial charge in [-0.2, -0.15) is 0 Å². The van der Waals surface area contributed by atoms with Crippen molar-refractivity contribution in [2.24, 2.45) is 0 Å². The first-order valence-electron chi connectivity index (χ1n) is 11.2. The molecule has 0 unspecified atom stereocenters. The van der Waals surface area contributed by atoms with Gasteiger partial charge in [-0.3, -0.25) is 0 Å². The van der Waals surface area contributed by atoms with Gasteiger partial charge < -0.3 is 9.47 Å². The molecule has 0 spiro atoms. The molecule has 35 heavy (non-hydrogen) atoms. The van der Waals surface area contributed by atoms with Crippen LogP contribution in [0.15, 0.2) is 85.5 Å². The highest BCUT2D eigenvalue weighted by molar-refractivity contribution is 5.90. The standard InChI is InChI=1S/C31H30O4/c1-18(2)25-15-26(23-9-11-28(21(7)13-23)34-30(32)19(3)4)17-27(16-25)24-10-12-29(22(8)14-24)35-31(33)20(5)6/h9-17H,1,3,5H2,2,4,6-8H3. The van der Waals surface area contributed by atoms with Gasteiger partial charge in [0.05, 0.1) is 0 Å². The second-order valence-corrected chi connectivity index (χ2v) is 8.88. The number of ether oxygens (including phenoxy) is 2. The van der Waals surface area contributed by atoms with E-state index in [1.54, 1.807) is 26.0 Å². The van der Waals surface area contributed by atoms with E-state index >= 15 is 0 Å². The van der Waals surface area contributed by atoms with E-state index in [4.69, 9.17) is 9.47 Å². The van der Waals surface area contributed by atoms with E-state index in [-0.39, 0.29) is 0 Å². The molecule has 0 saturated carbocycles. The van der Waals surface area contributed by atoms with Crippen LogP contribution in [-0.4, -0.2) is 11.9 Å². The summed E-state index contributed by atoms with van der Waals surface area (Å²) >= 11 is 0. The van der Waals surface area contributed by atoms with Gasteiger partial charge in [-0.05, 0) is 116 Å². The highest BCUT2D eigenvalue weighted by Crippen LogP contribution is 2.34. The zero-order valence-electron chi connectivity index (χ0n) is 21.0. The van der Waals surface area contributed by atoms with Crippen molar-refractivity contribution in [1.29, 1.82) is 0 Å². The number of esters is 2. The molecule has 178 valence electrons. The Labute approximate surface area is 207 Å². The lowest BCUT2D eigenvalue weighted by Gasteiger charge is -2.14. The van der Waals surface area contributed by atoms with E-state index in [2.05, 4.69) is 37.9 Å². The average Bonchev–Trinajstić information content (AvgIpc) is 2.80. The fraction of sp³-hybridized carbons (Fsp3) is 0.161. The Bertz CT molecular complexity index is 1280. The molecule has 0 atom stereocenters. The monoisotopic (exact) mass is 466 g/mol. The summed E-state index contributed by atoms with van der Waals surface area (Å²) in [5.74, 6) is 0.127. The first-order valence-corrected chi connectivity index (χ1v) is 11.2. The van der Waals surface area contributed by atoms with E-state index in [1.807, 2.05) is 45.0 Å². The smallest absolute Gasteiger partial charge is 0.338 e. The molecule has 0 heterocycles. The number of aryl methyl sites for hydroxylation is 2. The van der Waals surface area contributed by atoms with Crippen LogP contribution < -0.4 is 9.47 Å². The Morgan fingerprint density at radius 3 is 1.31 bits per heavy atom. The van der Waals surface area contributed by atoms with E-state index in [0.29, 0.717) is 22.6 Å². The number of rotatable bonds is 7. The minimum Gasteiger partial charge on any atom is -0.423 e. The van der Waals surface area contributed by atoms with Crippen LogP contribution in [0.3, 0.4) is 0 Å². The summed E-state index contributed by atoms with van der Waals surface area (Å²) in [5, 5.41) is 0. The highest BCUT2D eigenvalue weighted by atomic mass is 16.5. The quantitative estimate of drug-likeness (QED) is 0.204. The van der Waals surface area contributed by atoms with Crippen LogP contribution in [0.4, 0.5) is 0 Å². The van der Waals surface area contributed by atoms with Gasteiger partial charge >= 0.3 is 11.9 Å². The van der Waals surface area contributed by atoms with Crippen LogP contribution in [0.2, 0.25) is 0 Å². The Morgan fingerprint density at radius 1 is 0.600 bits per heavy atom. The van der Waals surface area contributed by atoms with Gasteiger partial charge in [-0.15, -0.1) is 0 Å². The van der Waals surface area contributed by atoms with E-state index in [0.717, 1.165) is 44.5 Å². The number of carbonyl (C=O) groups excluding carboxylic acids is 2. The van der Waals surface area contributed by atoms with Gasteiger partial charge in [0, 0.05) is 11.1 Å². The molecule has 3 aromatic carbocycles. The van der Waals surface area contributed by atoms with E-state index in [9.17, 15) is 9.59 Å². The molecule has 0 aliphatic rings. The molecule has 0 amide bonds. The summed E-state index contributed by atoms with van der Waals surface area (Å²) in [4.78, 5) is 23.8. The molecular formula is C31H30O4. The highest BCUT2D eigenvalue weighted by Gasteiger charge is 2.13. The van der Waals surface area contributed by atoms with Crippen LogP contribution in [-0.2, 0) is 9.59 Å². The summed E-state index contributed by atoms with van der Waals surface area (Å²) in [6, 6.07) is 17.7. The third-order valence-electron chi connectivity index (χ3n) is 5.54. The van der Waals surface area contributed by atoms with Gasteiger partial charge in [0.1, 0.15) is 11.5 Å². The molecule has 4 nitrogen and oxygen atoms in total. The maximum Gasteiger partial charge on any atom is 0.338 e. The topological polar surface area (TPSA) is 52.6 Å². The lowest BCUT2D eigenvalue weighted by atomic mass is 9.93. The number of carbonyl (C=O) groups is 2. The third kappa shape index (κ3) is 6.04. The predicted octanol–water partition coefficient (Wildman–Crippen LogP) is 7.63. The number of allylic oxidation sites excluding steroid dienone is 1. The zero-order chi connectivity index (χ0) is 25.9. The molecule has 0 aliphatic carbocycles. The van der Waals surface area contributed by atoms with Crippen LogP contribution >= 0.6 is 0 Å². The van der Waals surface area contributed by atoms with Crippen LogP contribution in [0.25, 0.3) is 27.8 Å². The number of hydrogen-bond donors (Lipinski definition) is 0. The van der Waals surface area contributed by atoms with Crippen molar-refractivity contribution in [3.05, 3.63) is 102 Å². The second-order valence-electron chi connectivity index (χ2n) is 8.88. The summed E-state index contributed by atoms with van der Waals surface area (Å²) in [7, 11) is 0. The molecule has 0 aromatic heterocycles. The average molecular weight is 467 g/mol. The summed E-state index contributed by atoms with van der Waals surface area (Å²) in [5.41, 5.74) is 8.36. The maximum absolute atomic E-state index is 11.9. The van der Waals surface area contributed by atoms with Gasteiger partial charge in [0.15, 0.2) is 0 Å². The van der Waals surface area contributed by atoms with Gasteiger partial charge in [-0.25, -0.2) is 9.59 Å². The minimum atomic E-state index is -0.444. The Kier molecular flexibility index (Phi) is 7.55. The number of hydrogen-bond acceptors (Lipinski definition) is 4. The van der Waals surface area contributed by atoms with Crippen LogP contribution in [0, 0.1) is 13.8 Å². The SMILES string of the molecule is C=C(C)C(=O)Oc1ccc(-c2cc(C(=C)C)cc(-c3ccc(OC(=O)C(=C)C)c(C)c3)c2)cc1C. The second kappa shape index (κ2) is 10.4. The fourth-order valence-corrected chi connectivity index (χ4v) is 3.47. The van der Waals surface area contributed by atoms with Crippen molar-refractivity contribution in [2.75, 3.05) is 0 Å². The van der Waals surface area contributed by atoms with Crippen molar-refractivity contribution in [3.8, 4) is 33.8 Å². The minimum absolute atomic E-state index is 0.350. The molecule has 0 fully saturated rings. The molecule has 4 heteroatoms. The first-order chi connectivity index (χ1) is 16.5. The number of benzene rings is 3. The molecule has 0 bridgehead atoms. The molecule has 3 aromatic rings. The Balaban J connectivity index is 2.02. The maximum atomic E-state index is 11.9. The largest absolute Gasteiger partial charge is 0.423 e. The Morgan fingerprint density at radius 2 is 1.00 bits per heavy atom. The summed E-state index contributed by atoms with van der Waals surface area (Å²) in [6.07, 6.45) is 0. The first kappa shape index (κ1) is 25.4. The van der Waals surface area contributed by atoms with Crippen molar-refractivity contribution in [2.45, 2.75) is 34.6 Å². The van der Waals surface area contributed by atoms with E-state index < -0.39 is 11.9 Å². The third-order valence-corrected chi connectivity index (χ3v) is 5.54. The normalized spacial score (nSPS) is 10.4. The molecule has 0 saturated heterocycles. The van der Waals surface area contributed by atoms with E-state index in [1.165, 1.54) is 0 Å². The zero-order valence-corrected chi connectivity index (χ0v) is 21.0. The molecule has 0 aliphatic heterocycles. The van der Waals surface area contributed by atoms with Crippen molar-refractivity contribution < 1.29 is 19.1 Å². The van der Waals surface area contributed by atoms with Crippen molar-refractivity contribution >= 4 is 17.5 Å². The van der Waals surface area contributed by atoms with Gasteiger partial charge in [-0.1, -0.05) is 37.4 Å². The molecule has 0 radical (unpaired) electrons. The summed E-state index contributed by atoms with van der Waals surface area (Å²) in [6.45, 7) is 20.4. The van der Waals surface area contributed by atoms with Gasteiger partial charge in [0.25, 0.3) is 0 Å². The van der Waals surface area contributed by atoms with Gasteiger partial charge in [0.2, 0.25) is 0 Å². The predicted molar refractivity (Wildman–Crippen MR) is 142 cm³/mol. The van der Waals surface area contributed by atoms with Crippen LogP contribution in [0.1, 0.15) is 37.5 Å². The molecule has 3 rings (SSSR count).